The van der Waals surface area contributed by atoms with E-state index in [0.717, 1.165) is 9.86 Å². The second-order valence-corrected chi connectivity index (χ2v) is 5.02. The van der Waals surface area contributed by atoms with E-state index >= 15 is 0 Å². The molecule has 104 valence electrons. The van der Waals surface area contributed by atoms with Gasteiger partial charge in [0.05, 0.1) is 11.3 Å². The number of carbonyl (C=O) groups is 1. The molecule has 0 amide bonds. The van der Waals surface area contributed by atoms with E-state index in [9.17, 15) is 9.59 Å². The van der Waals surface area contributed by atoms with Gasteiger partial charge in [0.1, 0.15) is 5.58 Å². The lowest BCUT2D eigenvalue weighted by atomic mass is 10.1. The van der Waals surface area contributed by atoms with Crippen LogP contribution in [0.2, 0.25) is 0 Å². The van der Waals surface area contributed by atoms with Crippen molar-refractivity contribution in [2.24, 2.45) is 5.16 Å². The molecule has 0 bridgehead atoms. The topological polar surface area (TPSA) is 68.9 Å². The van der Waals surface area contributed by atoms with E-state index in [2.05, 4.69) is 25.9 Å². The van der Waals surface area contributed by atoms with Gasteiger partial charge in [-0.1, -0.05) is 28.0 Å². The molecular weight excluding hydrogens is 326 g/mol. The predicted octanol–water partition coefficient (Wildman–Crippen LogP) is 3.23. The van der Waals surface area contributed by atoms with Crippen molar-refractivity contribution in [3.8, 4) is 0 Å². The van der Waals surface area contributed by atoms with Gasteiger partial charge >= 0.3 is 11.6 Å². The first-order chi connectivity index (χ1) is 9.51. The summed E-state index contributed by atoms with van der Waals surface area (Å²) in [5.74, 6) is -0.538. The van der Waals surface area contributed by atoms with Crippen molar-refractivity contribution in [1.82, 2.24) is 0 Å². The molecule has 1 heterocycles. The molecule has 2 rings (SSSR count). The zero-order valence-corrected chi connectivity index (χ0v) is 12.6. The number of fused-ring (bicyclic) bond motifs is 1. The number of oxime groups is 1. The number of nitrogens with zero attached hydrogens (tertiary/aromatic N) is 1. The summed E-state index contributed by atoms with van der Waals surface area (Å²) in [6, 6.07) is 7.01. The van der Waals surface area contributed by atoms with Gasteiger partial charge in [0.15, 0.2) is 0 Å². The molecule has 0 unspecified atom stereocenters. The fourth-order valence-electron chi connectivity index (χ4n) is 1.72. The van der Waals surface area contributed by atoms with Crippen molar-refractivity contribution in [3.63, 3.8) is 0 Å². The van der Waals surface area contributed by atoms with Crippen LogP contribution >= 0.6 is 15.9 Å². The second-order valence-electron chi connectivity index (χ2n) is 4.10. The molecule has 5 nitrogen and oxygen atoms in total. The molecule has 0 aliphatic rings. The summed E-state index contributed by atoms with van der Waals surface area (Å²) in [6.07, 6.45) is 0.442. The average Bonchev–Trinajstić information content (AvgIpc) is 2.40. The van der Waals surface area contributed by atoms with Crippen LogP contribution in [0.25, 0.3) is 11.0 Å². The van der Waals surface area contributed by atoms with E-state index in [1.54, 1.807) is 18.2 Å². The molecule has 0 aliphatic heterocycles. The highest BCUT2D eigenvalue weighted by molar-refractivity contribution is 9.10. The molecule has 0 atom stereocenters. The van der Waals surface area contributed by atoms with E-state index in [0.29, 0.717) is 23.3 Å². The van der Waals surface area contributed by atoms with Crippen LogP contribution < -0.4 is 5.63 Å². The van der Waals surface area contributed by atoms with Gasteiger partial charge in [0.25, 0.3) is 0 Å². The van der Waals surface area contributed by atoms with Crippen molar-refractivity contribution in [1.29, 1.82) is 0 Å². The molecular formula is C14H12BrNO4. The Balaban J connectivity index is 2.57. The third-order valence-corrected chi connectivity index (χ3v) is 3.12. The molecule has 1 aromatic heterocycles. The Labute approximate surface area is 123 Å². The minimum Gasteiger partial charge on any atom is -0.422 e. The van der Waals surface area contributed by atoms with E-state index in [-0.39, 0.29) is 0 Å². The second kappa shape index (κ2) is 6.00. The summed E-state index contributed by atoms with van der Waals surface area (Å²) in [5, 5.41) is 4.46. The maximum absolute atomic E-state index is 12.0. The fourth-order valence-corrected chi connectivity index (χ4v) is 2.10. The Morgan fingerprint density at radius 1 is 1.40 bits per heavy atom. The standard InChI is InChI=1S/C14H12BrNO4/c1-3-12(16-20-8(2)17)11-7-9-6-10(15)4-5-13(9)19-14(11)18/h4-7H,3H2,1-2H3/b16-12+. The van der Waals surface area contributed by atoms with Gasteiger partial charge in [0, 0.05) is 16.8 Å². The Morgan fingerprint density at radius 3 is 2.80 bits per heavy atom. The smallest absolute Gasteiger partial charge is 0.345 e. The monoisotopic (exact) mass is 337 g/mol. The minimum atomic E-state index is -0.538. The number of rotatable bonds is 3. The van der Waals surface area contributed by atoms with Crippen LogP contribution in [-0.4, -0.2) is 11.7 Å². The van der Waals surface area contributed by atoms with Gasteiger partial charge < -0.3 is 9.25 Å². The highest BCUT2D eigenvalue weighted by atomic mass is 79.9. The lowest BCUT2D eigenvalue weighted by molar-refractivity contribution is -0.140. The normalized spacial score (nSPS) is 11.7. The zero-order valence-electron chi connectivity index (χ0n) is 11.0. The highest BCUT2D eigenvalue weighted by Gasteiger charge is 2.12. The number of carbonyl (C=O) groups excluding carboxylic acids is 1. The van der Waals surface area contributed by atoms with E-state index in [1.165, 1.54) is 6.92 Å². The maximum atomic E-state index is 12.0. The van der Waals surface area contributed by atoms with Gasteiger partial charge in [-0.2, -0.15) is 0 Å². The zero-order chi connectivity index (χ0) is 14.7. The van der Waals surface area contributed by atoms with Crippen molar-refractivity contribution in [3.05, 3.63) is 44.7 Å². The lowest BCUT2D eigenvalue weighted by Gasteiger charge is -2.04. The van der Waals surface area contributed by atoms with Crippen LogP contribution in [-0.2, 0) is 9.63 Å². The summed E-state index contributed by atoms with van der Waals surface area (Å²) in [6.45, 7) is 3.06. The molecule has 6 heteroatoms. The van der Waals surface area contributed by atoms with Gasteiger partial charge in [-0.25, -0.2) is 9.59 Å². The summed E-state index contributed by atoms with van der Waals surface area (Å²) in [7, 11) is 0. The Kier molecular flexibility index (Phi) is 4.34. The third-order valence-electron chi connectivity index (χ3n) is 2.62. The molecule has 0 radical (unpaired) electrons. The van der Waals surface area contributed by atoms with Crippen LogP contribution in [0.4, 0.5) is 0 Å². The maximum Gasteiger partial charge on any atom is 0.345 e. The number of hydrogen-bond donors (Lipinski definition) is 0. The molecule has 2 aromatic rings. The molecule has 0 saturated heterocycles. The molecule has 20 heavy (non-hydrogen) atoms. The summed E-state index contributed by atoms with van der Waals surface area (Å²) >= 11 is 3.36. The Bertz CT molecular complexity index is 748. The number of halogens is 1. The van der Waals surface area contributed by atoms with Gasteiger partial charge in [-0.3, -0.25) is 0 Å². The molecule has 0 N–H and O–H groups in total. The van der Waals surface area contributed by atoms with E-state index < -0.39 is 11.6 Å². The van der Waals surface area contributed by atoms with Crippen molar-refractivity contribution >= 4 is 38.6 Å². The van der Waals surface area contributed by atoms with Crippen molar-refractivity contribution in [2.45, 2.75) is 20.3 Å². The van der Waals surface area contributed by atoms with Crippen LogP contribution in [0, 0.1) is 0 Å². The molecule has 1 aromatic carbocycles. The molecule has 0 saturated carbocycles. The van der Waals surface area contributed by atoms with Crippen LogP contribution in [0.1, 0.15) is 25.8 Å². The molecule has 0 aliphatic carbocycles. The molecule has 0 fully saturated rings. The fraction of sp³-hybridized carbons (Fsp3) is 0.214. The first-order valence-corrected chi connectivity index (χ1v) is 6.78. The van der Waals surface area contributed by atoms with E-state index in [4.69, 9.17) is 4.42 Å². The summed E-state index contributed by atoms with van der Waals surface area (Å²) in [4.78, 5) is 27.4. The summed E-state index contributed by atoms with van der Waals surface area (Å²) < 4.78 is 6.11. The first-order valence-electron chi connectivity index (χ1n) is 5.99. The van der Waals surface area contributed by atoms with E-state index in [1.807, 2.05) is 13.0 Å². The van der Waals surface area contributed by atoms with Crippen molar-refractivity contribution < 1.29 is 14.0 Å². The van der Waals surface area contributed by atoms with Crippen LogP contribution in [0.15, 0.2) is 43.1 Å². The van der Waals surface area contributed by atoms with Gasteiger partial charge in [0.2, 0.25) is 0 Å². The lowest BCUT2D eigenvalue weighted by Crippen LogP contribution is -2.14. The highest BCUT2D eigenvalue weighted by Crippen LogP contribution is 2.19. The molecule has 0 spiro atoms. The van der Waals surface area contributed by atoms with Crippen LogP contribution in [0.3, 0.4) is 0 Å². The number of hydrogen-bond acceptors (Lipinski definition) is 5. The Hall–Kier alpha value is -1.95. The number of benzene rings is 1. The first kappa shape index (κ1) is 14.5. The predicted molar refractivity (Wildman–Crippen MR) is 78.8 cm³/mol. The third kappa shape index (κ3) is 3.14. The quantitative estimate of drug-likeness (QED) is 0.373. The Morgan fingerprint density at radius 2 is 2.15 bits per heavy atom. The van der Waals surface area contributed by atoms with Gasteiger partial charge in [-0.15, -0.1) is 0 Å². The van der Waals surface area contributed by atoms with Gasteiger partial charge in [-0.05, 0) is 30.7 Å². The van der Waals surface area contributed by atoms with Crippen LogP contribution in [0.5, 0.6) is 0 Å². The van der Waals surface area contributed by atoms with Crippen molar-refractivity contribution in [2.75, 3.05) is 0 Å². The average molecular weight is 338 g/mol. The largest absolute Gasteiger partial charge is 0.422 e. The minimum absolute atomic E-state index is 0.291. The summed E-state index contributed by atoms with van der Waals surface area (Å²) in [5.41, 5.74) is 0.646. The SMILES string of the molecule is CC/C(=N\OC(C)=O)c1cc2cc(Br)ccc2oc1=O.